The third-order valence-electron chi connectivity index (χ3n) is 3.50. The van der Waals surface area contributed by atoms with Gasteiger partial charge in [0.15, 0.2) is 0 Å². The number of aromatic nitrogens is 1. The smallest absolute Gasteiger partial charge is 0.228 e. The third-order valence-corrected chi connectivity index (χ3v) is 3.50. The van der Waals surface area contributed by atoms with Gasteiger partial charge in [-0.1, -0.05) is 24.3 Å². The van der Waals surface area contributed by atoms with Gasteiger partial charge in [-0.3, -0.25) is 9.78 Å². The van der Waals surface area contributed by atoms with E-state index in [-0.39, 0.29) is 12.3 Å². The molecule has 5 heteroatoms. The van der Waals surface area contributed by atoms with Crippen LogP contribution in [0.1, 0.15) is 5.56 Å². The van der Waals surface area contributed by atoms with Crippen LogP contribution in [0.4, 0.5) is 10.1 Å². The minimum atomic E-state index is -0.392. The van der Waals surface area contributed by atoms with Crippen LogP contribution in [0.2, 0.25) is 0 Å². The minimum absolute atomic E-state index is 0.0434. The normalized spacial score (nSPS) is 10.5. The third kappa shape index (κ3) is 3.29. The average molecular weight is 310 g/mol. The highest BCUT2D eigenvalue weighted by Crippen LogP contribution is 2.27. The second-order valence-electron chi connectivity index (χ2n) is 5.07. The number of benzene rings is 2. The van der Waals surface area contributed by atoms with E-state index in [9.17, 15) is 9.18 Å². The first-order chi connectivity index (χ1) is 11.2. The summed E-state index contributed by atoms with van der Waals surface area (Å²) in [4.78, 5) is 16.5. The number of nitrogens with zero attached hydrogens (tertiary/aromatic N) is 1. The zero-order valence-electron chi connectivity index (χ0n) is 12.5. The molecule has 0 aliphatic heterocycles. The number of methoxy groups -OCH3 is 1. The molecule has 3 aromatic rings. The van der Waals surface area contributed by atoms with Crippen LogP contribution in [-0.2, 0) is 11.2 Å². The summed E-state index contributed by atoms with van der Waals surface area (Å²) in [7, 11) is 1.56. The number of hydrogen-bond donors (Lipinski definition) is 1. The molecule has 0 aliphatic rings. The van der Waals surface area contributed by atoms with Crippen LogP contribution in [0.25, 0.3) is 10.9 Å². The van der Waals surface area contributed by atoms with E-state index < -0.39 is 5.82 Å². The van der Waals surface area contributed by atoms with Gasteiger partial charge in [0.05, 0.1) is 24.7 Å². The van der Waals surface area contributed by atoms with Gasteiger partial charge in [0.2, 0.25) is 5.91 Å². The van der Waals surface area contributed by atoms with Crippen LogP contribution in [0.3, 0.4) is 0 Å². The van der Waals surface area contributed by atoms with Crippen LogP contribution in [0, 0.1) is 5.82 Å². The molecule has 1 amide bonds. The number of nitrogens with one attached hydrogen (secondary N) is 1. The van der Waals surface area contributed by atoms with Gasteiger partial charge in [-0.15, -0.1) is 0 Å². The lowest BCUT2D eigenvalue weighted by molar-refractivity contribution is -0.115. The molecule has 1 N–H and O–H groups in total. The summed E-state index contributed by atoms with van der Waals surface area (Å²) in [6, 6.07) is 13.5. The van der Waals surface area contributed by atoms with Crippen LogP contribution in [0.5, 0.6) is 5.75 Å². The first kappa shape index (κ1) is 15.0. The summed E-state index contributed by atoms with van der Waals surface area (Å²) in [5.74, 6) is -0.0849. The fourth-order valence-electron chi connectivity index (χ4n) is 2.39. The Labute approximate surface area is 132 Å². The van der Waals surface area contributed by atoms with Crippen LogP contribution in [0.15, 0.2) is 54.7 Å². The van der Waals surface area contributed by atoms with Crippen LogP contribution < -0.4 is 10.1 Å². The Bertz CT molecular complexity index is 865. The first-order valence-corrected chi connectivity index (χ1v) is 7.13. The van der Waals surface area contributed by atoms with Gasteiger partial charge >= 0.3 is 0 Å². The molecule has 2 aromatic carbocycles. The molecule has 0 saturated carbocycles. The maximum absolute atomic E-state index is 13.6. The van der Waals surface area contributed by atoms with Crippen molar-refractivity contribution in [2.24, 2.45) is 0 Å². The Morgan fingerprint density at radius 3 is 2.83 bits per heavy atom. The van der Waals surface area contributed by atoms with E-state index >= 15 is 0 Å². The molecular weight excluding hydrogens is 295 g/mol. The monoisotopic (exact) mass is 310 g/mol. The number of pyridine rings is 1. The average Bonchev–Trinajstić information content (AvgIpc) is 2.56. The number of ether oxygens (including phenoxy) is 1. The van der Waals surface area contributed by atoms with E-state index in [1.165, 1.54) is 6.07 Å². The number of amides is 1. The van der Waals surface area contributed by atoms with E-state index in [4.69, 9.17) is 4.74 Å². The van der Waals surface area contributed by atoms with Gasteiger partial charge in [-0.05, 0) is 23.8 Å². The lowest BCUT2D eigenvalue weighted by atomic mass is 10.1. The van der Waals surface area contributed by atoms with E-state index in [0.717, 1.165) is 5.39 Å². The second-order valence-corrected chi connectivity index (χ2v) is 5.07. The summed E-state index contributed by atoms with van der Waals surface area (Å²) < 4.78 is 18.9. The van der Waals surface area contributed by atoms with Crippen molar-refractivity contribution in [3.05, 3.63) is 66.1 Å². The first-order valence-electron chi connectivity index (χ1n) is 7.13. The summed E-state index contributed by atoms with van der Waals surface area (Å²) >= 11 is 0. The predicted octanol–water partition coefficient (Wildman–Crippen LogP) is 3.56. The van der Waals surface area contributed by atoms with E-state index in [1.54, 1.807) is 37.6 Å². The predicted molar refractivity (Wildman–Crippen MR) is 87.0 cm³/mol. The summed E-state index contributed by atoms with van der Waals surface area (Å²) in [6.45, 7) is 0. The Morgan fingerprint density at radius 1 is 1.22 bits per heavy atom. The molecule has 1 aromatic heterocycles. The van der Waals surface area contributed by atoms with E-state index in [0.29, 0.717) is 22.5 Å². The molecule has 0 spiro atoms. The summed E-state index contributed by atoms with van der Waals surface area (Å²) in [5.41, 5.74) is 1.56. The highest BCUT2D eigenvalue weighted by Gasteiger charge is 2.11. The van der Waals surface area contributed by atoms with Crippen molar-refractivity contribution in [3.63, 3.8) is 0 Å². The Hall–Kier alpha value is -2.95. The van der Waals surface area contributed by atoms with Crippen LogP contribution >= 0.6 is 0 Å². The summed E-state index contributed by atoms with van der Waals surface area (Å²) in [6.07, 6.45) is 1.61. The maximum Gasteiger partial charge on any atom is 0.228 e. The molecule has 3 rings (SSSR count). The topological polar surface area (TPSA) is 51.2 Å². The van der Waals surface area contributed by atoms with Crippen molar-refractivity contribution in [1.29, 1.82) is 0 Å². The van der Waals surface area contributed by atoms with E-state index in [1.807, 2.05) is 18.2 Å². The molecule has 0 unspecified atom stereocenters. The van der Waals surface area contributed by atoms with Crippen molar-refractivity contribution in [2.45, 2.75) is 6.42 Å². The van der Waals surface area contributed by atoms with Gasteiger partial charge in [0.25, 0.3) is 0 Å². The molecule has 0 atom stereocenters. The number of carbonyl (C=O) groups is 1. The lowest BCUT2D eigenvalue weighted by Gasteiger charge is -2.11. The molecule has 23 heavy (non-hydrogen) atoms. The zero-order valence-corrected chi connectivity index (χ0v) is 12.5. The standard InChI is InChI=1S/C18H15FN2O2/c1-23-14-9-13-6-4-8-20-18(13)16(11-14)21-17(22)10-12-5-2-3-7-15(12)19/h2-9,11H,10H2,1H3,(H,21,22). The van der Waals surface area contributed by atoms with Gasteiger partial charge in [-0.25, -0.2) is 4.39 Å². The van der Waals surface area contributed by atoms with Gasteiger partial charge < -0.3 is 10.1 Å². The fraction of sp³-hybridized carbons (Fsp3) is 0.111. The number of anilines is 1. The fourth-order valence-corrected chi connectivity index (χ4v) is 2.39. The minimum Gasteiger partial charge on any atom is -0.497 e. The molecule has 0 bridgehead atoms. The Morgan fingerprint density at radius 2 is 2.04 bits per heavy atom. The number of carbonyl (C=O) groups excluding carboxylic acids is 1. The SMILES string of the molecule is COc1cc(NC(=O)Cc2ccccc2F)c2ncccc2c1. The van der Waals surface area contributed by atoms with Gasteiger partial charge in [0, 0.05) is 17.6 Å². The van der Waals surface area contributed by atoms with Crippen molar-refractivity contribution in [2.75, 3.05) is 12.4 Å². The molecule has 0 saturated heterocycles. The molecule has 1 heterocycles. The molecule has 0 radical (unpaired) electrons. The molecule has 4 nitrogen and oxygen atoms in total. The lowest BCUT2D eigenvalue weighted by Crippen LogP contribution is -2.15. The number of halogens is 1. The quantitative estimate of drug-likeness (QED) is 0.801. The molecule has 0 fully saturated rings. The van der Waals surface area contributed by atoms with Crippen molar-refractivity contribution in [1.82, 2.24) is 4.98 Å². The zero-order chi connectivity index (χ0) is 16.2. The van der Waals surface area contributed by atoms with Gasteiger partial charge in [0.1, 0.15) is 11.6 Å². The van der Waals surface area contributed by atoms with Crippen molar-refractivity contribution >= 4 is 22.5 Å². The molecular formula is C18H15FN2O2. The molecule has 116 valence electrons. The van der Waals surface area contributed by atoms with Crippen LogP contribution in [-0.4, -0.2) is 18.0 Å². The number of rotatable bonds is 4. The maximum atomic E-state index is 13.6. The Kier molecular flexibility index (Phi) is 4.19. The molecule has 0 aliphatic carbocycles. The van der Waals surface area contributed by atoms with Crippen molar-refractivity contribution in [3.8, 4) is 5.75 Å². The number of hydrogen-bond acceptors (Lipinski definition) is 3. The van der Waals surface area contributed by atoms with E-state index in [2.05, 4.69) is 10.3 Å². The number of fused-ring (bicyclic) bond motifs is 1. The van der Waals surface area contributed by atoms with Crippen molar-refractivity contribution < 1.29 is 13.9 Å². The highest BCUT2D eigenvalue weighted by molar-refractivity contribution is 6.01. The summed E-state index contributed by atoms with van der Waals surface area (Å²) in [5, 5.41) is 3.64. The van der Waals surface area contributed by atoms with Gasteiger partial charge in [-0.2, -0.15) is 0 Å². The Balaban J connectivity index is 1.89. The second kappa shape index (κ2) is 6.44. The largest absolute Gasteiger partial charge is 0.497 e. The highest BCUT2D eigenvalue weighted by atomic mass is 19.1.